The van der Waals surface area contributed by atoms with Crippen LogP contribution in [0.4, 0.5) is 5.69 Å². The van der Waals surface area contributed by atoms with Crippen molar-refractivity contribution in [2.24, 2.45) is 0 Å². The van der Waals surface area contributed by atoms with Gasteiger partial charge < -0.3 is 4.74 Å². The summed E-state index contributed by atoms with van der Waals surface area (Å²) < 4.78 is 5.50. The fourth-order valence-corrected chi connectivity index (χ4v) is 2.71. The third kappa shape index (κ3) is 1.89. The topological polar surface area (TPSA) is 55.8 Å². The first-order valence-electron chi connectivity index (χ1n) is 6.71. The van der Waals surface area contributed by atoms with Crippen LogP contribution in [0.1, 0.15) is 12.5 Å². The van der Waals surface area contributed by atoms with Crippen LogP contribution in [0.15, 0.2) is 42.5 Å². The minimum absolute atomic E-state index is 0.133. The van der Waals surface area contributed by atoms with Crippen molar-refractivity contribution < 1.29 is 19.2 Å². The van der Waals surface area contributed by atoms with Crippen molar-refractivity contribution in [1.29, 1.82) is 0 Å². The Hall–Kier alpha value is -2.40. The van der Waals surface area contributed by atoms with Crippen LogP contribution in [-0.2, 0) is 19.8 Å². The molecule has 21 heavy (non-hydrogen) atoms. The molecule has 1 amide bonds. The molecule has 3 rings (SSSR count). The van der Waals surface area contributed by atoms with E-state index in [2.05, 4.69) is 0 Å². The van der Waals surface area contributed by atoms with Crippen molar-refractivity contribution >= 4 is 17.4 Å². The molecular formula is C16H15NO4. The molecule has 0 radical (unpaired) electrons. The number of hydrogen-bond donors (Lipinski definition) is 0. The van der Waals surface area contributed by atoms with Crippen molar-refractivity contribution in [1.82, 2.24) is 0 Å². The van der Waals surface area contributed by atoms with Gasteiger partial charge in [0.2, 0.25) is 0 Å². The van der Waals surface area contributed by atoms with Crippen LogP contribution in [0.25, 0.3) is 0 Å². The van der Waals surface area contributed by atoms with E-state index in [1.165, 1.54) is 24.3 Å². The summed E-state index contributed by atoms with van der Waals surface area (Å²) in [6.45, 7) is 2.44. The lowest BCUT2D eigenvalue weighted by Crippen LogP contribution is -2.38. The standard InChI is InChI=1S/C16H15NO4/c1-3-21-12-4-5-14-13(10-12)16(15(19)17(14)20-2)8-6-11(18)7-9-16/h4-10H,3H2,1-2H3. The molecule has 0 aromatic heterocycles. The SMILES string of the molecule is CCOc1ccc2c(c1)C1(C=CC(=O)C=C1)C(=O)N2OC. The third-order valence-electron chi connectivity index (χ3n) is 3.69. The Kier molecular flexibility index (Phi) is 3.14. The molecular weight excluding hydrogens is 270 g/mol. The summed E-state index contributed by atoms with van der Waals surface area (Å²) in [4.78, 5) is 29.3. The van der Waals surface area contributed by atoms with Gasteiger partial charge in [-0.15, -0.1) is 0 Å². The van der Waals surface area contributed by atoms with Crippen molar-refractivity contribution in [3.05, 3.63) is 48.1 Å². The number of allylic oxidation sites excluding steroid dienone is 2. The highest BCUT2D eigenvalue weighted by Crippen LogP contribution is 2.46. The van der Waals surface area contributed by atoms with E-state index in [1.807, 2.05) is 13.0 Å². The number of hydrogen-bond acceptors (Lipinski definition) is 4. The second-order valence-corrected chi connectivity index (χ2v) is 4.83. The molecule has 1 spiro atoms. The molecule has 5 nitrogen and oxygen atoms in total. The molecule has 0 bridgehead atoms. The Bertz CT molecular complexity index is 659. The average molecular weight is 285 g/mol. The van der Waals surface area contributed by atoms with E-state index >= 15 is 0 Å². The fourth-order valence-electron chi connectivity index (χ4n) is 2.71. The number of hydroxylamine groups is 1. The number of nitrogens with zero attached hydrogens (tertiary/aromatic N) is 1. The molecule has 0 atom stereocenters. The molecule has 1 heterocycles. The van der Waals surface area contributed by atoms with Gasteiger partial charge in [-0.2, -0.15) is 5.06 Å². The van der Waals surface area contributed by atoms with Gasteiger partial charge in [-0.1, -0.05) is 12.2 Å². The van der Waals surface area contributed by atoms with Gasteiger partial charge in [-0.3, -0.25) is 14.4 Å². The van der Waals surface area contributed by atoms with Crippen LogP contribution in [-0.4, -0.2) is 25.4 Å². The zero-order valence-electron chi connectivity index (χ0n) is 11.8. The number of rotatable bonds is 3. The summed E-state index contributed by atoms with van der Waals surface area (Å²) in [5.41, 5.74) is 0.418. The highest BCUT2D eigenvalue weighted by molar-refractivity contribution is 6.13. The Balaban J connectivity index is 2.18. The lowest BCUT2D eigenvalue weighted by Gasteiger charge is -2.22. The van der Waals surface area contributed by atoms with Crippen LogP contribution < -0.4 is 9.80 Å². The van der Waals surface area contributed by atoms with Crippen LogP contribution in [0, 0.1) is 0 Å². The van der Waals surface area contributed by atoms with Crippen molar-refractivity contribution in [2.45, 2.75) is 12.3 Å². The molecule has 1 aromatic rings. The summed E-state index contributed by atoms with van der Waals surface area (Å²) in [5, 5.41) is 1.25. The summed E-state index contributed by atoms with van der Waals surface area (Å²) >= 11 is 0. The molecule has 0 unspecified atom stereocenters. The van der Waals surface area contributed by atoms with E-state index in [4.69, 9.17) is 9.57 Å². The zero-order chi connectivity index (χ0) is 15.0. The van der Waals surface area contributed by atoms with Gasteiger partial charge in [-0.05, 0) is 37.3 Å². The maximum Gasteiger partial charge on any atom is 0.269 e. The summed E-state index contributed by atoms with van der Waals surface area (Å²) in [5.74, 6) is 0.306. The summed E-state index contributed by atoms with van der Waals surface area (Å²) in [7, 11) is 1.44. The lowest BCUT2D eigenvalue weighted by atomic mass is 9.78. The number of benzene rings is 1. The number of carbonyl (C=O) groups is 2. The molecule has 1 aliphatic heterocycles. The van der Waals surface area contributed by atoms with E-state index in [1.54, 1.807) is 24.3 Å². The number of amides is 1. The normalized spacial score (nSPS) is 18.5. The quantitative estimate of drug-likeness (QED) is 0.851. The first-order valence-corrected chi connectivity index (χ1v) is 6.71. The Morgan fingerprint density at radius 1 is 1.19 bits per heavy atom. The molecule has 2 aliphatic rings. The molecule has 0 N–H and O–H groups in total. The van der Waals surface area contributed by atoms with Crippen molar-refractivity contribution in [2.75, 3.05) is 18.8 Å². The zero-order valence-corrected chi connectivity index (χ0v) is 11.8. The molecule has 0 saturated carbocycles. The predicted molar refractivity (Wildman–Crippen MR) is 77.1 cm³/mol. The third-order valence-corrected chi connectivity index (χ3v) is 3.69. The predicted octanol–water partition coefficient (Wildman–Crippen LogP) is 1.93. The monoisotopic (exact) mass is 285 g/mol. The molecule has 5 heteroatoms. The van der Waals surface area contributed by atoms with Gasteiger partial charge in [-0.25, -0.2) is 0 Å². The average Bonchev–Trinajstić information content (AvgIpc) is 2.72. The number of ether oxygens (including phenoxy) is 1. The molecule has 0 saturated heterocycles. The van der Waals surface area contributed by atoms with Crippen molar-refractivity contribution in [3.63, 3.8) is 0 Å². The maximum atomic E-state index is 12.7. The lowest BCUT2D eigenvalue weighted by molar-refractivity contribution is -0.126. The molecule has 0 fully saturated rings. The Labute approximate surface area is 122 Å². The highest BCUT2D eigenvalue weighted by Gasteiger charge is 2.49. The second kappa shape index (κ2) is 4.86. The van der Waals surface area contributed by atoms with Crippen LogP contribution >= 0.6 is 0 Å². The molecule has 108 valence electrons. The first-order chi connectivity index (χ1) is 10.1. The van der Waals surface area contributed by atoms with E-state index < -0.39 is 5.41 Å². The van der Waals surface area contributed by atoms with Crippen LogP contribution in [0.5, 0.6) is 5.75 Å². The van der Waals surface area contributed by atoms with Gasteiger partial charge in [0.1, 0.15) is 11.2 Å². The van der Waals surface area contributed by atoms with E-state index in [9.17, 15) is 9.59 Å². The number of carbonyl (C=O) groups excluding carboxylic acids is 2. The van der Waals surface area contributed by atoms with E-state index in [-0.39, 0.29) is 11.7 Å². The minimum Gasteiger partial charge on any atom is -0.494 e. The number of fused-ring (bicyclic) bond motifs is 2. The van der Waals surface area contributed by atoms with Gasteiger partial charge in [0, 0.05) is 5.56 Å². The minimum atomic E-state index is -0.994. The maximum absolute atomic E-state index is 12.7. The van der Waals surface area contributed by atoms with Crippen molar-refractivity contribution in [3.8, 4) is 5.75 Å². The number of anilines is 1. The first kappa shape index (κ1) is 13.6. The van der Waals surface area contributed by atoms with Gasteiger partial charge >= 0.3 is 0 Å². The van der Waals surface area contributed by atoms with Gasteiger partial charge in [0.05, 0.1) is 19.4 Å². The molecule has 1 aliphatic carbocycles. The van der Waals surface area contributed by atoms with E-state index in [0.717, 1.165) is 5.56 Å². The largest absolute Gasteiger partial charge is 0.494 e. The Morgan fingerprint density at radius 2 is 1.90 bits per heavy atom. The number of ketones is 1. The van der Waals surface area contributed by atoms with Crippen LogP contribution in [0.3, 0.4) is 0 Å². The van der Waals surface area contributed by atoms with E-state index in [0.29, 0.717) is 18.0 Å². The fraction of sp³-hybridized carbons (Fsp3) is 0.250. The highest BCUT2D eigenvalue weighted by atomic mass is 16.7. The molecule has 1 aromatic carbocycles. The van der Waals surface area contributed by atoms with Gasteiger partial charge in [0.15, 0.2) is 5.78 Å². The summed E-state index contributed by atoms with van der Waals surface area (Å²) in [6, 6.07) is 5.40. The smallest absolute Gasteiger partial charge is 0.269 e. The van der Waals surface area contributed by atoms with Gasteiger partial charge in [0.25, 0.3) is 5.91 Å². The van der Waals surface area contributed by atoms with Crippen LogP contribution in [0.2, 0.25) is 0 Å². The summed E-state index contributed by atoms with van der Waals surface area (Å²) in [6.07, 6.45) is 6.05. The second-order valence-electron chi connectivity index (χ2n) is 4.83. The Morgan fingerprint density at radius 3 is 2.52 bits per heavy atom.